The molecule has 1 rings (SSSR count). The molecule has 0 aromatic heterocycles. The van der Waals surface area contributed by atoms with E-state index in [1.807, 2.05) is 13.8 Å². The van der Waals surface area contributed by atoms with Gasteiger partial charge in [0, 0.05) is 6.61 Å². The monoisotopic (exact) mass is 172 g/mol. The Bertz CT molecular complexity index is 121. The van der Waals surface area contributed by atoms with E-state index in [0.29, 0.717) is 0 Å². The van der Waals surface area contributed by atoms with Crippen LogP contribution < -0.4 is 0 Å². The summed E-state index contributed by atoms with van der Waals surface area (Å²) < 4.78 is 5.50. The quantitative estimate of drug-likeness (QED) is 0.663. The Morgan fingerprint density at radius 3 is 2.67 bits per heavy atom. The van der Waals surface area contributed by atoms with Crippen molar-refractivity contribution in [3.05, 3.63) is 0 Å². The van der Waals surface area contributed by atoms with Crippen LogP contribution in [0.5, 0.6) is 0 Å². The topological polar surface area (TPSA) is 29.5 Å². The van der Waals surface area contributed by atoms with Crippen LogP contribution in [0.25, 0.3) is 0 Å². The highest BCUT2D eigenvalue weighted by Gasteiger charge is 2.21. The van der Waals surface area contributed by atoms with E-state index in [-0.39, 0.29) is 12.2 Å². The van der Waals surface area contributed by atoms with E-state index < -0.39 is 0 Å². The van der Waals surface area contributed by atoms with E-state index in [2.05, 4.69) is 0 Å². The first-order valence-corrected chi connectivity index (χ1v) is 5.03. The number of ether oxygens (including phenoxy) is 1. The van der Waals surface area contributed by atoms with E-state index in [1.165, 1.54) is 19.3 Å². The summed E-state index contributed by atoms with van der Waals surface area (Å²) in [4.78, 5) is 0. The van der Waals surface area contributed by atoms with Gasteiger partial charge in [-0.1, -0.05) is 19.8 Å². The van der Waals surface area contributed by atoms with Gasteiger partial charge in [0.15, 0.2) is 0 Å². The fourth-order valence-corrected chi connectivity index (χ4v) is 1.27. The molecular weight excluding hydrogens is 152 g/mol. The van der Waals surface area contributed by atoms with E-state index in [9.17, 15) is 5.11 Å². The fourth-order valence-electron chi connectivity index (χ4n) is 1.27. The van der Waals surface area contributed by atoms with Crippen LogP contribution in [-0.2, 0) is 4.74 Å². The minimum Gasteiger partial charge on any atom is -0.390 e. The van der Waals surface area contributed by atoms with Crippen molar-refractivity contribution < 1.29 is 9.84 Å². The zero-order valence-electron chi connectivity index (χ0n) is 8.12. The molecule has 2 atom stereocenters. The largest absolute Gasteiger partial charge is 0.390 e. The summed E-state index contributed by atoms with van der Waals surface area (Å²) >= 11 is 0. The third kappa shape index (κ3) is 3.55. The van der Waals surface area contributed by atoms with Gasteiger partial charge < -0.3 is 9.84 Å². The third-order valence-corrected chi connectivity index (χ3v) is 2.56. The van der Waals surface area contributed by atoms with Gasteiger partial charge in [0.2, 0.25) is 0 Å². The van der Waals surface area contributed by atoms with E-state index in [4.69, 9.17) is 4.74 Å². The van der Waals surface area contributed by atoms with Gasteiger partial charge in [-0.3, -0.25) is 0 Å². The first kappa shape index (κ1) is 10.0. The summed E-state index contributed by atoms with van der Waals surface area (Å²) in [6.45, 7) is 4.75. The molecule has 12 heavy (non-hydrogen) atoms. The molecule has 0 aromatic rings. The van der Waals surface area contributed by atoms with Crippen molar-refractivity contribution >= 4 is 0 Å². The van der Waals surface area contributed by atoms with Crippen LogP contribution in [-0.4, -0.2) is 23.9 Å². The molecule has 0 radical (unpaired) electrons. The predicted molar refractivity (Wildman–Crippen MR) is 49.1 cm³/mol. The van der Waals surface area contributed by atoms with E-state index in [1.54, 1.807) is 0 Å². The lowest BCUT2D eigenvalue weighted by molar-refractivity contribution is -0.0295. The molecule has 1 N–H and O–H groups in total. The summed E-state index contributed by atoms with van der Waals surface area (Å²) in [6.07, 6.45) is 4.45. The molecule has 0 amide bonds. The smallest absolute Gasteiger partial charge is 0.0805 e. The van der Waals surface area contributed by atoms with Crippen molar-refractivity contribution in [2.45, 2.75) is 51.7 Å². The molecule has 2 nitrogen and oxygen atoms in total. The van der Waals surface area contributed by atoms with Crippen molar-refractivity contribution in [2.75, 3.05) is 6.61 Å². The van der Waals surface area contributed by atoms with Crippen molar-refractivity contribution in [3.63, 3.8) is 0 Å². The maximum Gasteiger partial charge on any atom is 0.0805 e. The number of aliphatic hydroxyl groups is 1. The van der Waals surface area contributed by atoms with Crippen LogP contribution >= 0.6 is 0 Å². The number of hydrogen-bond donors (Lipinski definition) is 1. The Hall–Kier alpha value is -0.0800. The average Bonchev–Trinajstić information content (AvgIpc) is 2.86. The number of rotatable bonds is 6. The Morgan fingerprint density at radius 1 is 1.50 bits per heavy atom. The zero-order valence-corrected chi connectivity index (χ0v) is 8.12. The van der Waals surface area contributed by atoms with Crippen LogP contribution in [0.1, 0.15) is 39.5 Å². The Labute approximate surface area is 74.9 Å². The summed E-state index contributed by atoms with van der Waals surface area (Å²) in [7, 11) is 0. The minimum absolute atomic E-state index is 0.00810. The van der Waals surface area contributed by atoms with Crippen molar-refractivity contribution in [1.29, 1.82) is 0 Å². The van der Waals surface area contributed by atoms with Gasteiger partial charge in [0.05, 0.1) is 12.2 Å². The van der Waals surface area contributed by atoms with Crippen molar-refractivity contribution in [2.24, 2.45) is 5.92 Å². The summed E-state index contributed by atoms with van der Waals surface area (Å²) in [5.41, 5.74) is 0. The predicted octanol–water partition coefficient (Wildman–Crippen LogP) is 1.96. The second kappa shape index (κ2) is 4.83. The van der Waals surface area contributed by atoms with Crippen molar-refractivity contribution in [1.82, 2.24) is 0 Å². The molecular formula is C10H20O2. The van der Waals surface area contributed by atoms with Crippen molar-refractivity contribution in [3.8, 4) is 0 Å². The second-order valence-corrected chi connectivity index (χ2v) is 3.78. The third-order valence-electron chi connectivity index (χ3n) is 2.56. The Kier molecular flexibility index (Phi) is 4.02. The van der Waals surface area contributed by atoms with Gasteiger partial charge in [-0.2, -0.15) is 0 Å². The molecule has 1 fully saturated rings. The van der Waals surface area contributed by atoms with Crippen LogP contribution in [0.4, 0.5) is 0 Å². The molecule has 0 saturated heterocycles. The lowest BCUT2D eigenvalue weighted by Gasteiger charge is -2.17. The van der Waals surface area contributed by atoms with Crippen LogP contribution in [0, 0.1) is 5.92 Å². The van der Waals surface area contributed by atoms with Gasteiger partial charge in [0.25, 0.3) is 0 Å². The van der Waals surface area contributed by atoms with Crippen LogP contribution in [0.15, 0.2) is 0 Å². The van der Waals surface area contributed by atoms with Crippen LogP contribution in [0.3, 0.4) is 0 Å². The molecule has 2 heteroatoms. The van der Waals surface area contributed by atoms with E-state index in [0.717, 1.165) is 18.9 Å². The molecule has 1 saturated carbocycles. The SMILES string of the molecule is CCC(O)C(C)OCCC1CC1. The first-order valence-electron chi connectivity index (χ1n) is 5.03. The standard InChI is InChI=1S/C10H20O2/c1-3-10(11)8(2)12-7-6-9-4-5-9/h8-11H,3-7H2,1-2H3. The zero-order chi connectivity index (χ0) is 8.97. The Balaban J connectivity index is 1.96. The molecule has 2 unspecified atom stereocenters. The van der Waals surface area contributed by atoms with Gasteiger partial charge in [-0.25, -0.2) is 0 Å². The molecule has 0 spiro atoms. The average molecular weight is 172 g/mol. The van der Waals surface area contributed by atoms with E-state index >= 15 is 0 Å². The molecule has 1 aliphatic rings. The highest BCUT2D eigenvalue weighted by molar-refractivity contribution is 4.72. The maximum absolute atomic E-state index is 9.38. The normalized spacial score (nSPS) is 22.2. The molecule has 0 heterocycles. The summed E-state index contributed by atoms with van der Waals surface area (Å²) in [5.74, 6) is 0.927. The Morgan fingerprint density at radius 2 is 2.17 bits per heavy atom. The summed E-state index contributed by atoms with van der Waals surface area (Å²) in [6, 6.07) is 0. The maximum atomic E-state index is 9.38. The minimum atomic E-state index is -0.288. The van der Waals surface area contributed by atoms with Gasteiger partial charge in [0.1, 0.15) is 0 Å². The molecule has 72 valence electrons. The van der Waals surface area contributed by atoms with Crippen LogP contribution in [0.2, 0.25) is 0 Å². The highest BCUT2D eigenvalue weighted by atomic mass is 16.5. The lowest BCUT2D eigenvalue weighted by Crippen LogP contribution is -2.25. The second-order valence-electron chi connectivity index (χ2n) is 3.78. The first-order chi connectivity index (χ1) is 5.74. The number of aliphatic hydroxyl groups excluding tert-OH is 1. The molecule has 1 aliphatic carbocycles. The van der Waals surface area contributed by atoms with Gasteiger partial charge in [-0.15, -0.1) is 0 Å². The summed E-state index contributed by atoms with van der Waals surface area (Å²) in [5, 5.41) is 9.38. The fraction of sp³-hybridized carbons (Fsp3) is 1.00. The van der Waals surface area contributed by atoms with Gasteiger partial charge >= 0.3 is 0 Å². The molecule has 0 aliphatic heterocycles. The molecule has 0 aromatic carbocycles. The number of hydrogen-bond acceptors (Lipinski definition) is 2. The molecule has 0 bridgehead atoms. The van der Waals surface area contributed by atoms with Gasteiger partial charge in [-0.05, 0) is 25.7 Å². The highest BCUT2D eigenvalue weighted by Crippen LogP contribution is 2.32. The lowest BCUT2D eigenvalue weighted by atomic mass is 10.2.